The summed E-state index contributed by atoms with van der Waals surface area (Å²) < 4.78 is 6.10. The van der Waals surface area contributed by atoms with E-state index in [1.165, 1.54) is 16.7 Å². The Morgan fingerprint density at radius 1 is 1.11 bits per heavy atom. The number of nitrogens with zero attached hydrogens (tertiary/aromatic N) is 1. The van der Waals surface area contributed by atoms with Crippen molar-refractivity contribution in [3.63, 3.8) is 0 Å². The predicted octanol–water partition coefficient (Wildman–Crippen LogP) is 6.66. The third-order valence-electron chi connectivity index (χ3n) is 7.59. The lowest BCUT2D eigenvalue weighted by Crippen LogP contribution is -2.52. The summed E-state index contributed by atoms with van der Waals surface area (Å²) in [5.74, 6) is 0.0325. The summed E-state index contributed by atoms with van der Waals surface area (Å²) in [5.41, 5.74) is 4.42. The van der Waals surface area contributed by atoms with Crippen LogP contribution in [-0.4, -0.2) is 28.2 Å². The molecule has 180 valence electrons. The Balaban J connectivity index is 1.37. The Morgan fingerprint density at radius 3 is 2.66 bits per heavy atom. The molecule has 35 heavy (non-hydrogen) atoms. The minimum Gasteiger partial charge on any atom is -0.493 e. The van der Waals surface area contributed by atoms with Crippen LogP contribution in [0.15, 0.2) is 72.6 Å². The largest absolute Gasteiger partial charge is 0.493 e. The zero-order chi connectivity index (χ0) is 24.5. The number of carboxylic acid groups (broad SMARTS) is 1. The van der Waals surface area contributed by atoms with Crippen LogP contribution in [0.25, 0.3) is 6.08 Å². The van der Waals surface area contributed by atoms with Crippen molar-refractivity contribution < 1.29 is 14.6 Å². The molecule has 1 spiro atoms. The Labute approximate surface area is 210 Å². The number of halogens is 1. The molecule has 0 saturated heterocycles. The number of carbonyl (C=O) groups is 1. The highest BCUT2D eigenvalue weighted by Gasteiger charge is 2.51. The highest BCUT2D eigenvalue weighted by molar-refractivity contribution is 6.30. The van der Waals surface area contributed by atoms with E-state index in [0.717, 1.165) is 36.3 Å². The molecular formula is C29H29ClN2O3. The van der Waals surface area contributed by atoms with Gasteiger partial charge in [-0.05, 0) is 68.0 Å². The average Bonchev–Trinajstić information content (AvgIpc) is 3.15. The van der Waals surface area contributed by atoms with Crippen LogP contribution in [0.3, 0.4) is 0 Å². The van der Waals surface area contributed by atoms with E-state index >= 15 is 0 Å². The number of anilines is 1. The number of rotatable bonds is 7. The number of nitrogens with one attached hydrogen (secondary N) is 1. The number of hydrogen-bond acceptors (Lipinski definition) is 4. The first-order chi connectivity index (χ1) is 16.9. The van der Waals surface area contributed by atoms with Gasteiger partial charge in [0.1, 0.15) is 11.3 Å². The summed E-state index contributed by atoms with van der Waals surface area (Å²) in [5, 5.41) is 14.2. The van der Waals surface area contributed by atoms with Crippen molar-refractivity contribution in [3.05, 3.63) is 94.3 Å². The van der Waals surface area contributed by atoms with E-state index in [-0.39, 0.29) is 5.41 Å². The second-order valence-electron chi connectivity index (χ2n) is 9.60. The topological polar surface area (TPSA) is 71.5 Å². The number of hydrogen-bond donors (Lipinski definition) is 2. The molecular weight excluding hydrogens is 460 g/mol. The van der Waals surface area contributed by atoms with Crippen LogP contribution in [0.5, 0.6) is 5.75 Å². The molecule has 1 fully saturated rings. The van der Waals surface area contributed by atoms with Crippen LogP contribution in [0.2, 0.25) is 5.02 Å². The number of aromatic nitrogens is 1. The highest BCUT2D eigenvalue weighted by atomic mass is 35.5. The molecule has 1 heterocycles. The molecule has 5 rings (SSSR count). The number of aliphatic carboxylic acids is 1. The van der Waals surface area contributed by atoms with Gasteiger partial charge in [-0.15, -0.1) is 0 Å². The number of ether oxygens (including phenoxy) is 1. The van der Waals surface area contributed by atoms with Crippen molar-refractivity contribution >= 4 is 29.3 Å². The van der Waals surface area contributed by atoms with Crippen molar-refractivity contribution in [2.45, 2.75) is 50.0 Å². The van der Waals surface area contributed by atoms with E-state index < -0.39 is 11.5 Å². The van der Waals surface area contributed by atoms with Crippen LogP contribution in [0, 0.1) is 6.92 Å². The van der Waals surface area contributed by atoms with Gasteiger partial charge in [-0.3, -0.25) is 4.98 Å². The average molecular weight is 489 g/mol. The maximum absolute atomic E-state index is 12.5. The lowest BCUT2D eigenvalue weighted by molar-refractivity contribution is -0.143. The molecule has 6 heteroatoms. The second-order valence-corrected chi connectivity index (χ2v) is 10.0. The maximum atomic E-state index is 12.5. The molecule has 2 aliphatic rings. The summed E-state index contributed by atoms with van der Waals surface area (Å²) in [6, 6.07) is 17.7. The smallest absolute Gasteiger partial charge is 0.329 e. The third kappa shape index (κ3) is 4.41. The summed E-state index contributed by atoms with van der Waals surface area (Å²) in [4.78, 5) is 16.7. The molecule has 0 amide bonds. The number of carboxylic acids is 1. The van der Waals surface area contributed by atoms with Gasteiger partial charge in [-0.1, -0.05) is 53.6 Å². The van der Waals surface area contributed by atoms with Gasteiger partial charge in [0.15, 0.2) is 0 Å². The lowest BCUT2D eigenvalue weighted by atomic mass is 9.62. The lowest BCUT2D eigenvalue weighted by Gasteiger charge is -2.45. The van der Waals surface area contributed by atoms with Crippen molar-refractivity contribution in [3.8, 4) is 5.75 Å². The summed E-state index contributed by atoms with van der Waals surface area (Å²) in [6.07, 6.45) is 9.17. The van der Waals surface area contributed by atoms with Gasteiger partial charge in [0.25, 0.3) is 0 Å². The Kier molecular flexibility index (Phi) is 6.28. The van der Waals surface area contributed by atoms with E-state index in [4.69, 9.17) is 16.3 Å². The second kappa shape index (κ2) is 9.38. The van der Waals surface area contributed by atoms with Crippen LogP contribution in [0.4, 0.5) is 5.69 Å². The minimum absolute atomic E-state index is 0.164. The van der Waals surface area contributed by atoms with Gasteiger partial charge in [0, 0.05) is 40.5 Å². The molecule has 1 saturated carbocycles. The first kappa shape index (κ1) is 23.4. The molecule has 0 radical (unpaired) electrons. The van der Waals surface area contributed by atoms with Crippen molar-refractivity contribution in [2.24, 2.45) is 0 Å². The van der Waals surface area contributed by atoms with E-state index in [9.17, 15) is 9.90 Å². The fourth-order valence-corrected chi connectivity index (χ4v) is 5.88. The van der Waals surface area contributed by atoms with Crippen molar-refractivity contribution in [1.29, 1.82) is 0 Å². The first-order valence-corrected chi connectivity index (χ1v) is 12.4. The first-order valence-electron chi connectivity index (χ1n) is 12.0. The highest BCUT2D eigenvalue weighted by Crippen LogP contribution is 2.54. The molecule has 2 N–H and O–H groups in total. The number of benzene rings is 2. The molecule has 0 aliphatic heterocycles. The standard InChI is InChI=1S/C29H29ClN2O3/c1-20-19-31-15-9-26(20)35-16-10-22-17-21-5-2-3-8-25(21)28(22)11-13-29(14-12-28,27(33)34)32-24-7-4-6-23(30)18-24/h2-9,15,17-19,32H,10-14,16H2,1H3,(H,33,34). The minimum atomic E-state index is -1.02. The van der Waals surface area contributed by atoms with Gasteiger partial charge in [-0.2, -0.15) is 0 Å². The molecule has 5 nitrogen and oxygen atoms in total. The van der Waals surface area contributed by atoms with Crippen LogP contribution >= 0.6 is 11.6 Å². The van der Waals surface area contributed by atoms with E-state index in [1.807, 2.05) is 25.1 Å². The molecule has 2 aliphatic carbocycles. The van der Waals surface area contributed by atoms with Gasteiger partial charge in [0.2, 0.25) is 0 Å². The summed E-state index contributed by atoms with van der Waals surface area (Å²) >= 11 is 6.15. The van der Waals surface area contributed by atoms with Gasteiger partial charge < -0.3 is 15.2 Å². The number of pyridine rings is 1. The van der Waals surface area contributed by atoms with Crippen LogP contribution in [0.1, 0.15) is 48.8 Å². The fourth-order valence-electron chi connectivity index (χ4n) is 5.69. The van der Waals surface area contributed by atoms with E-state index in [2.05, 4.69) is 40.6 Å². The third-order valence-corrected chi connectivity index (χ3v) is 7.83. The van der Waals surface area contributed by atoms with Crippen LogP contribution < -0.4 is 10.1 Å². The Bertz CT molecular complexity index is 1280. The van der Waals surface area contributed by atoms with E-state index in [1.54, 1.807) is 24.5 Å². The zero-order valence-electron chi connectivity index (χ0n) is 19.8. The monoisotopic (exact) mass is 488 g/mol. The molecule has 0 bridgehead atoms. The Morgan fingerprint density at radius 2 is 1.91 bits per heavy atom. The maximum Gasteiger partial charge on any atom is 0.329 e. The zero-order valence-corrected chi connectivity index (χ0v) is 20.5. The Hall–Kier alpha value is -3.31. The SMILES string of the molecule is Cc1cnccc1OCCC1=Cc2ccccc2C12CCC(Nc1cccc(Cl)c1)(C(=O)O)CC2. The summed E-state index contributed by atoms with van der Waals surface area (Å²) in [7, 11) is 0. The van der Waals surface area contributed by atoms with Crippen molar-refractivity contribution in [1.82, 2.24) is 4.98 Å². The van der Waals surface area contributed by atoms with E-state index in [0.29, 0.717) is 24.5 Å². The molecule has 0 atom stereocenters. The fraction of sp³-hybridized carbons (Fsp3) is 0.310. The van der Waals surface area contributed by atoms with Gasteiger partial charge >= 0.3 is 5.97 Å². The van der Waals surface area contributed by atoms with Crippen molar-refractivity contribution in [2.75, 3.05) is 11.9 Å². The molecule has 1 aromatic heterocycles. The quantitative estimate of drug-likeness (QED) is 0.389. The summed E-state index contributed by atoms with van der Waals surface area (Å²) in [6.45, 7) is 2.56. The number of fused-ring (bicyclic) bond motifs is 2. The van der Waals surface area contributed by atoms with Gasteiger partial charge in [-0.25, -0.2) is 4.79 Å². The molecule has 3 aromatic rings. The van der Waals surface area contributed by atoms with Gasteiger partial charge in [0.05, 0.1) is 6.61 Å². The predicted molar refractivity (Wildman–Crippen MR) is 139 cm³/mol. The van der Waals surface area contributed by atoms with Crippen LogP contribution in [-0.2, 0) is 10.2 Å². The molecule has 0 unspecified atom stereocenters. The normalized spacial score (nSPS) is 23.0. The molecule has 2 aromatic carbocycles. The number of aryl methyl sites for hydroxylation is 1.